The van der Waals surface area contributed by atoms with Crippen molar-refractivity contribution in [2.45, 2.75) is 25.6 Å². The van der Waals surface area contributed by atoms with E-state index in [9.17, 15) is 22.8 Å². The van der Waals surface area contributed by atoms with E-state index >= 15 is 0 Å². The van der Waals surface area contributed by atoms with E-state index in [0.29, 0.717) is 5.75 Å². The number of fused-ring (bicyclic) bond motifs is 1. The summed E-state index contributed by atoms with van der Waals surface area (Å²) in [6.07, 6.45) is -5.31. The van der Waals surface area contributed by atoms with Crippen LogP contribution >= 0.6 is 0 Å². The van der Waals surface area contributed by atoms with Gasteiger partial charge in [0.2, 0.25) is 5.91 Å². The predicted octanol–water partition coefficient (Wildman–Crippen LogP) is 3.61. The van der Waals surface area contributed by atoms with Crippen LogP contribution in [0.3, 0.4) is 0 Å². The number of alkyl halides is 3. The molecule has 0 spiro atoms. The van der Waals surface area contributed by atoms with Crippen molar-refractivity contribution >= 4 is 23.2 Å². The molecule has 0 unspecified atom stereocenters. The zero-order valence-electron chi connectivity index (χ0n) is 13.7. The highest BCUT2D eigenvalue weighted by atomic mass is 19.4. The van der Waals surface area contributed by atoms with Gasteiger partial charge in [-0.3, -0.25) is 9.59 Å². The van der Waals surface area contributed by atoms with Crippen LogP contribution < -0.4 is 15.4 Å². The molecule has 8 heteroatoms. The zero-order valence-corrected chi connectivity index (χ0v) is 13.7. The normalized spacial score (nSPS) is 15.8. The third-order valence-electron chi connectivity index (χ3n) is 3.84. The monoisotopic (exact) mass is 364 g/mol. The van der Waals surface area contributed by atoms with E-state index in [1.807, 2.05) is 0 Å². The molecule has 26 heavy (non-hydrogen) atoms. The van der Waals surface area contributed by atoms with Crippen molar-refractivity contribution in [2.24, 2.45) is 0 Å². The van der Waals surface area contributed by atoms with Crippen LogP contribution in [0.4, 0.5) is 24.5 Å². The maximum Gasteiger partial charge on any atom is 0.418 e. The number of hydrogen-bond donors (Lipinski definition) is 2. The first-order valence-electron chi connectivity index (χ1n) is 7.78. The van der Waals surface area contributed by atoms with Crippen LogP contribution in [0, 0.1) is 0 Å². The second-order valence-corrected chi connectivity index (χ2v) is 5.85. The molecule has 0 aromatic heterocycles. The molecule has 0 saturated heterocycles. The third-order valence-corrected chi connectivity index (χ3v) is 3.84. The minimum absolute atomic E-state index is 0.00709. The van der Waals surface area contributed by atoms with Crippen molar-refractivity contribution in [3.05, 3.63) is 53.6 Å². The van der Waals surface area contributed by atoms with Gasteiger partial charge in [0.15, 0.2) is 6.10 Å². The van der Waals surface area contributed by atoms with Crippen LogP contribution in [-0.2, 0) is 22.2 Å². The van der Waals surface area contributed by atoms with E-state index in [2.05, 4.69) is 10.6 Å². The van der Waals surface area contributed by atoms with Crippen molar-refractivity contribution < 1.29 is 27.5 Å². The number of nitrogens with one attached hydrogen (secondary N) is 2. The number of anilines is 2. The molecule has 1 atom stereocenters. The summed E-state index contributed by atoms with van der Waals surface area (Å²) in [7, 11) is 0. The molecule has 5 nitrogen and oxygen atoms in total. The van der Waals surface area contributed by atoms with Gasteiger partial charge < -0.3 is 15.4 Å². The van der Waals surface area contributed by atoms with E-state index in [-0.39, 0.29) is 12.1 Å². The molecule has 1 aliphatic heterocycles. The molecule has 3 rings (SSSR count). The van der Waals surface area contributed by atoms with Gasteiger partial charge in [0.1, 0.15) is 5.75 Å². The summed E-state index contributed by atoms with van der Waals surface area (Å²) < 4.78 is 45.4. The molecule has 0 fully saturated rings. The SMILES string of the molecule is CC(=O)Nc1ccc(NC(=O)[C@@H]2Cc3ccccc3O2)c(C(F)(F)F)c1. The number of halogens is 3. The lowest BCUT2D eigenvalue weighted by atomic mass is 10.1. The van der Waals surface area contributed by atoms with Crippen LogP contribution in [-0.4, -0.2) is 17.9 Å². The Hall–Kier alpha value is -3.03. The van der Waals surface area contributed by atoms with E-state index < -0.39 is 35.3 Å². The Morgan fingerprint density at radius 2 is 1.85 bits per heavy atom. The number of benzene rings is 2. The molecule has 2 N–H and O–H groups in total. The Morgan fingerprint density at radius 1 is 1.12 bits per heavy atom. The lowest BCUT2D eigenvalue weighted by Crippen LogP contribution is -2.32. The first-order chi connectivity index (χ1) is 12.2. The fourth-order valence-corrected chi connectivity index (χ4v) is 2.71. The minimum Gasteiger partial charge on any atom is -0.480 e. The standard InChI is InChI=1S/C18H15F3N2O3/c1-10(24)22-12-6-7-14(13(9-12)18(19,20)21)23-17(25)16-8-11-4-2-3-5-15(11)26-16/h2-7,9,16H,8H2,1H3,(H,22,24)(H,23,25)/t16-/m0/s1. The third kappa shape index (κ3) is 3.79. The quantitative estimate of drug-likeness (QED) is 0.874. The molecule has 1 heterocycles. The Morgan fingerprint density at radius 3 is 2.50 bits per heavy atom. The highest BCUT2D eigenvalue weighted by molar-refractivity contribution is 5.96. The average molecular weight is 364 g/mol. The van der Waals surface area contributed by atoms with Gasteiger partial charge in [-0.05, 0) is 29.8 Å². The van der Waals surface area contributed by atoms with Crippen LogP contribution in [0.5, 0.6) is 5.75 Å². The Labute approximate surface area is 147 Å². The Balaban J connectivity index is 1.81. The van der Waals surface area contributed by atoms with Gasteiger partial charge in [-0.25, -0.2) is 0 Å². The van der Waals surface area contributed by atoms with Crippen LogP contribution in [0.15, 0.2) is 42.5 Å². The maximum atomic E-state index is 13.3. The molecular weight excluding hydrogens is 349 g/mol. The van der Waals surface area contributed by atoms with Gasteiger partial charge in [-0.2, -0.15) is 13.2 Å². The Bertz CT molecular complexity index is 840. The van der Waals surface area contributed by atoms with Crippen molar-refractivity contribution in [1.29, 1.82) is 0 Å². The number of rotatable bonds is 3. The molecule has 2 aromatic rings. The smallest absolute Gasteiger partial charge is 0.418 e. The van der Waals surface area contributed by atoms with Crippen molar-refractivity contribution in [3.8, 4) is 5.75 Å². The van der Waals surface area contributed by atoms with Gasteiger partial charge in [-0.1, -0.05) is 18.2 Å². The summed E-state index contributed by atoms with van der Waals surface area (Å²) in [5.41, 5.74) is -0.624. The maximum absolute atomic E-state index is 13.3. The highest BCUT2D eigenvalue weighted by Crippen LogP contribution is 2.37. The molecule has 0 aliphatic carbocycles. The van der Waals surface area contributed by atoms with E-state index in [1.165, 1.54) is 13.0 Å². The summed E-state index contributed by atoms with van der Waals surface area (Å²) in [6.45, 7) is 1.19. The molecule has 0 saturated carbocycles. The summed E-state index contributed by atoms with van der Waals surface area (Å²) in [5, 5.41) is 4.57. The van der Waals surface area contributed by atoms with Gasteiger partial charge in [0, 0.05) is 19.0 Å². The zero-order chi connectivity index (χ0) is 18.9. The predicted molar refractivity (Wildman–Crippen MR) is 88.9 cm³/mol. The van der Waals surface area contributed by atoms with Crippen LogP contribution in [0.25, 0.3) is 0 Å². The van der Waals surface area contributed by atoms with Crippen LogP contribution in [0.2, 0.25) is 0 Å². The van der Waals surface area contributed by atoms with E-state index in [4.69, 9.17) is 4.74 Å². The molecule has 2 aromatic carbocycles. The fraction of sp³-hybridized carbons (Fsp3) is 0.222. The molecule has 136 valence electrons. The van der Waals surface area contributed by atoms with Gasteiger partial charge in [0.05, 0.1) is 11.3 Å². The largest absolute Gasteiger partial charge is 0.480 e. The average Bonchev–Trinajstić information content (AvgIpc) is 2.99. The molecule has 2 amide bonds. The molecule has 0 bridgehead atoms. The van der Waals surface area contributed by atoms with Crippen molar-refractivity contribution in [1.82, 2.24) is 0 Å². The second kappa shape index (κ2) is 6.70. The Kier molecular flexibility index (Phi) is 4.58. The summed E-state index contributed by atoms with van der Waals surface area (Å²) >= 11 is 0. The number of hydrogen-bond acceptors (Lipinski definition) is 3. The second-order valence-electron chi connectivity index (χ2n) is 5.85. The number of ether oxygens (including phenoxy) is 1. The first-order valence-corrected chi connectivity index (χ1v) is 7.78. The summed E-state index contributed by atoms with van der Waals surface area (Å²) in [6, 6.07) is 10.2. The van der Waals surface area contributed by atoms with E-state index in [0.717, 1.165) is 17.7 Å². The van der Waals surface area contributed by atoms with Crippen molar-refractivity contribution in [2.75, 3.05) is 10.6 Å². The number of carbonyl (C=O) groups is 2. The lowest BCUT2D eigenvalue weighted by Gasteiger charge is -2.17. The lowest BCUT2D eigenvalue weighted by molar-refractivity contribution is -0.137. The summed E-state index contributed by atoms with van der Waals surface area (Å²) in [5.74, 6) is -0.615. The number of amides is 2. The molecule has 1 aliphatic rings. The van der Waals surface area contributed by atoms with Gasteiger partial charge >= 0.3 is 6.18 Å². The topological polar surface area (TPSA) is 67.4 Å². The van der Waals surface area contributed by atoms with Gasteiger partial charge in [-0.15, -0.1) is 0 Å². The molecular formula is C18H15F3N2O3. The van der Waals surface area contributed by atoms with Crippen LogP contribution in [0.1, 0.15) is 18.1 Å². The fourth-order valence-electron chi connectivity index (χ4n) is 2.71. The minimum atomic E-state index is -4.70. The first kappa shape index (κ1) is 17.8. The summed E-state index contributed by atoms with van der Waals surface area (Å²) in [4.78, 5) is 23.4. The molecule has 0 radical (unpaired) electrons. The highest BCUT2D eigenvalue weighted by Gasteiger charge is 2.36. The number of para-hydroxylation sites is 1. The van der Waals surface area contributed by atoms with Gasteiger partial charge in [0.25, 0.3) is 5.91 Å². The number of carbonyl (C=O) groups excluding carboxylic acids is 2. The van der Waals surface area contributed by atoms with E-state index in [1.54, 1.807) is 24.3 Å². The van der Waals surface area contributed by atoms with Crippen molar-refractivity contribution in [3.63, 3.8) is 0 Å².